The minimum absolute atomic E-state index is 0.126. The van der Waals surface area contributed by atoms with E-state index in [2.05, 4.69) is 30.2 Å². The summed E-state index contributed by atoms with van der Waals surface area (Å²) in [4.78, 5) is 1.87. The van der Waals surface area contributed by atoms with E-state index in [1.165, 1.54) is 0 Å². The Hall–Kier alpha value is -2.51. The fourth-order valence-corrected chi connectivity index (χ4v) is 3.79. The Morgan fingerprint density at radius 3 is 2.60 bits per heavy atom. The lowest BCUT2D eigenvalue weighted by atomic mass is 10.0. The van der Waals surface area contributed by atoms with Crippen LogP contribution < -0.4 is 4.74 Å². The molecule has 0 bridgehead atoms. The summed E-state index contributed by atoms with van der Waals surface area (Å²) in [6, 6.07) is 12.1. The van der Waals surface area contributed by atoms with Crippen molar-refractivity contribution in [1.82, 2.24) is 14.7 Å². The van der Waals surface area contributed by atoms with E-state index >= 15 is 0 Å². The number of β-amino-alcohol motifs (C(OH)–C–C–N with tert-alkyl or cyclic N) is 1. The van der Waals surface area contributed by atoms with Crippen LogP contribution in [-0.2, 0) is 6.54 Å². The van der Waals surface area contributed by atoms with Crippen LogP contribution in [0.4, 0.5) is 8.78 Å². The number of halogens is 2. The fourth-order valence-electron chi connectivity index (χ4n) is 3.79. The number of hydrogen-bond donors (Lipinski definition) is 1. The predicted octanol–water partition coefficient (Wildman–Crippen LogP) is 4.19. The molecule has 1 unspecified atom stereocenters. The average Bonchev–Trinajstić information content (AvgIpc) is 3.22. The quantitative estimate of drug-likeness (QED) is 0.629. The van der Waals surface area contributed by atoms with Gasteiger partial charge in [0.15, 0.2) is 0 Å². The lowest BCUT2D eigenvalue weighted by Gasteiger charge is -2.32. The van der Waals surface area contributed by atoms with Crippen molar-refractivity contribution in [2.24, 2.45) is 0 Å². The first-order chi connectivity index (χ1) is 14.4. The van der Waals surface area contributed by atoms with Crippen LogP contribution in [0.3, 0.4) is 0 Å². The number of aliphatic hydroxyl groups is 1. The third-order valence-electron chi connectivity index (χ3n) is 5.60. The molecule has 0 spiro atoms. The standard InChI is InChI=1S/C23H27F2N3O2/c1-2-28-14-20(13-26-28)18-4-3-17-5-6-22(12-19(17)11-18)30-16-21(29)15-27-9-7-23(24,25)8-10-27/h3-6,11-14,21,29H,2,7-10,15-16H2,1H3. The molecule has 4 rings (SSSR count). The first kappa shape index (κ1) is 20.8. The Morgan fingerprint density at radius 1 is 1.10 bits per heavy atom. The second-order valence-corrected chi connectivity index (χ2v) is 7.93. The molecular weight excluding hydrogens is 388 g/mol. The molecule has 1 fully saturated rings. The minimum Gasteiger partial charge on any atom is -0.491 e. The molecule has 3 aromatic rings. The van der Waals surface area contributed by atoms with Gasteiger partial charge >= 0.3 is 0 Å². The highest BCUT2D eigenvalue weighted by atomic mass is 19.3. The Morgan fingerprint density at radius 2 is 1.87 bits per heavy atom. The van der Waals surface area contributed by atoms with Crippen molar-refractivity contribution in [1.29, 1.82) is 0 Å². The molecule has 7 heteroatoms. The molecule has 0 amide bonds. The average molecular weight is 415 g/mol. The SMILES string of the molecule is CCn1cc(-c2ccc3ccc(OCC(O)CN4CCC(F)(F)CC4)cc3c2)cn1. The second kappa shape index (κ2) is 8.70. The van der Waals surface area contributed by atoms with Crippen LogP contribution in [0.15, 0.2) is 48.8 Å². The molecular formula is C23H27F2N3O2. The van der Waals surface area contributed by atoms with Crippen molar-refractivity contribution in [2.75, 3.05) is 26.2 Å². The van der Waals surface area contributed by atoms with Crippen molar-refractivity contribution in [2.45, 2.75) is 38.3 Å². The van der Waals surface area contributed by atoms with E-state index in [-0.39, 0.29) is 19.4 Å². The maximum Gasteiger partial charge on any atom is 0.250 e. The number of alkyl halides is 2. The smallest absolute Gasteiger partial charge is 0.250 e. The summed E-state index contributed by atoms with van der Waals surface area (Å²) in [5.41, 5.74) is 2.15. The first-order valence-electron chi connectivity index (χ1n) is 10.4. The molecule has 1 aromatic heterocycles. The van der Waals surface area contributed by atoms with Crippen LogP contribution in [0.5, 0.6) is 5.75 Å². The van der Waals surface area contributed by atoms with E-state index in [4.69, 9.17) is 4.74 Å². The highest BCUT2D eigenvalue weighted by molar-refractivity contribution is 5.88. The number of aryl methyl sites for hydroxylation is 1. The number of rotatable bonds is 7. The van der Waals surface area contributed by atoms with Gasteiger partial charge in [-0.25, -0.2) is 8.78 Å². The van der Waals surface area contributed by atoms with Crippen molar-refractivity contribution in [3.05, 3.63) is 48.8 Å². The van der Waals surface area contributed by atoms with Crippen molar-refractivity contribution in [3.63, 3.8) is 0 Å². The molecule has 1 N–H and O–H groups in total. The molecule has 0 saturated carbocycles. The largest absolute Gasteiger partial charge is 0.491 e. The van der Waals surface area contributed by atoms with E-state index in [9.17, 15) is 13.9 Å². The maximum absolute atomic E-state index is 13.2. The zero-order valence-electron chi connectivity index (χ0n) is 17.1. The highest BCUT2D eigenvalue weighted by Crippen LogP contribution is 2.28. The van der Waals surface area contributed by atoms with Gasteiger partial charge in [-0.05, 0) is 41.5 Å². The Balaban J connectivity index is 1.38. The molecule has 1 aliphatic heterocycles. The van der Waals surface area contributed by atoms with Gasteiger partial charge in [0.1, 0.15) is 18.5 Å². The van der Waals surface area contributed by atoms with E-state index in [1.807, 2.05) is 40.2 Å². The van der Waals surface area contributed by atoms with Gasteiger partial charge in [-0.2, -0.15) is 5.10 Å². The van der Waals surface area contributed by atoms with E-state index in [0.717, 1.165) is 28.4 Å². The minimum atomic E-state index is -2.57. The summed E-state index contributed by atoms with van der Waals surface area (Å²) < 4.78 is 34.2. The van der Waals surface area contributed by atoms with E-state index < -0.39 is 12.0 Å². The van der Waals surface area contributed by atoms with Crippen molar-refractivity contribution < 1.29 is 18.6 Å². The lowest BCUT2D eigenvalue weighted by Crippen LogP contribution is -2.44. The van der Waals surface area contributed by atoms with E-state index in [1.54, 1.807) is 0 Å². The lowest BCUT2D eigenvalue weighted by molar-refractivity contribution is -0.0628. The molecule has 5 nitrogen and oxygen atoms in total. The van der Waals surface area contributed by atoms with Crippen LogP contribution in [0, 0.1) is 0 Å². The van der Waals surface area contributed by atoms with Gasteiger partial charge in [0.2, 0.25) is 0 Å². The van der Waals surface area contributed by atoms with Crippen LogP contribution in [0.1, 0.15) is 19.8 Å². The Bertz CT molecular complexity index is 995. The summed E-state index contributed by atoms with van der Waals surface area (Å²) in [6.45, 7) is 3.95. The van der Waals surface area contributed by atoms with Gasteiger partial charge in [0, 0.05) is 50.8 Å². The van der Waals surface area contributed by atoms with Gasteiger partial charge in [-0.15, -0.1) is 0 Å². The summed E-state index contributed by atoms with van der Waals surface area (Å²) in [7, 11) is 0. The van der Waals surface area contributed by atoms with Crippen LogP contribution in [-0.4, -0.2) is 58.1 Å². The molecule has 0 aliphatic carbocycles. The fraction of sp³-hybridized carbons (Fsp3) is 0.435. The molecule has 160 valence electrons. The van der Waals surface area contributed by atoms with Gasteiger partial charge < -0.3 is 14.7 Å². The Kier molecular flexibility index (Phi) is 6.01. The number of fused-ring (bicyclic) bond motifs is 1. The van der Waals surface area contributed by atoms with E-state index in [0.29, 0.717) is 25.4 Å². The highest BCUT2D eigenvalue weighted by Gasteiger charge is 2.34. The van der Waals surface area contributed by atoms with Gasteiger partial charge in [-0.1, -0.05) is 18.2 Å². The first-order valence-corrected chi connectivity index (χ1v) is 10.4. The number of likely N-dealkylation sites (tertiary alicyclic amines) is 1. The predicted molar refractivity (Wildman–Crippen MR) is 113 cm³/mol. The molecule has 1 atom stereocenters. The van der Waals surface area contributed by atoms with Crippen molar-refractivity contribution in [3.8, 4) is 16.9 Å². The summed E-state index contributed by atoms with van der Waals surface area (Å²) >= 11 is 0. The second-order valence-electron chi connectivity index (χ2n) is 7.93. The van der Waals surface area contributed by atoms with Crippen molar-refractivity contribution >= 4 is 10.8 Å². The van der Waals surface area contributed by atoms with Crippen LogP contribution in [0.25, 0.3) is 21.9 Å². The van der Waals surface area contributed by atoms with Gasteiger partial charge in [0.05, 0.1) is 6.20 Å². The zero-order valence-corrected chi connectivity index (χ0v) is 17.1. The normalized spacial score (nSPS) is 17.9. The third kappa shape index (κ3) is 4.96. The summed E-state index contributed by atoms with van der Waals surface area (Å²) in [5, 5.41) is 16.7. The van der Waals surface area contributed by atoms with Crippen LogP contribution >= 0.6 is 0 Å². The third-order valence-corrected chi connectivity index (χ3v) is 5.60. The molecule has 0 radical (unpaired) electrons. The number of nitrogens with zero attached hydrogens (tertiary/aromatic N) is 3. The topological polar surface area (TPSA) is 50.5 Å². The van der Waals surface area contributed by atoms with Gasteiger partial charge in [0.25, 0.3) is 5.92 Å². The molecule has 2 aromatic carbocycles. The zero-order chi connectivity index (χ0) is 21.1. The number of ether oxygens (including phenoxy) is 1. The molecule has 1 aliphatic rings. The molecule has 2 heterocycles. The summed E-state index contributed by atoms with van der Waals surface area (Å²) in [6.07, 6.45) is 2.86. The number of aromatic nitrogens is 2. The number of benzene rings is 2. The molecule has 1 saturated heterocycles. The number of hydrogen-bond acceptors (Lipinski definition) is 4. The molecule has 30 heavy (non-hydrogen) atoms. The maximum atomic E-state index is 13.2. The number of aliphatic hydroxyl groups excluding tert-OH is 1. The summed E-state index contributed by atoms with van der Waals surface area (Å²) in [5.74, 6) is -1.90. The number of piperidine rings is 1. The van der Waals surface area contributed by atoms with Crippen LogP contribution in [0.2, 0.25) is 0 Å². The van der Waals surface area contributed by atoms with Gasteiger partial charge in [-0.3, -0.25) is 4.68 Å². The monoisotopic (exact) mass is 415 g/mol. The Labute approximate surface area is 174 Å².